The van der Waals surface area contributed by atoms with Crippen LogP contribution in [0.15, 0.2) is 18.2 Å². The predicted molar refractivity (Wildman–Crippen MR) is 63.9 cm³/mol. The van der Waals surface area contributed by atoms with Gasteiger partial charge >= 0.3 is 0 Å². The van der Waals surface area contributed by atoms with Crippen LogP contribution in [0.1, 0.15) is 24.4 Å². The van der Waals surface area contributed by atoms with Crippen LogP contribution in [0.25, 0.3) is 0 Å². The maximum atomic E-state index is 13.8. The van der Waals surface area contributed by atoms with Gasteiger partial charge in [0.05, 0.1) is 7.11 Å². The molecule has 1 amide bonds. The first-order chi connectivity index (χ1) is 9.02. The summed E-state index contributed by atoms with van der Waals surface area (Å²) < 4.78 is 18.8. The fraction of sp³-hybridized carbons (Fsp3) is 0.417. The molecule has 1 fully saturated rings. The standard InChI is InChI=1S/C12H13FN2O4/c1-19-7-2-3-9(13)8(6-7)12-10(15(17)18)4-5-11(16)14-12/h2-3,6,10,12H,4-5H2,1H3,(H,14,16)/t10-,12+/m0/s1. The summed E-state index contributed by atoms with van der Waals surface area (Å²) in [4.78, 5) is 21.9. The minimum Gasteiger partial charge on any atom is -0.497 e. The molecule has 102 valence electrons. The SMILES string of the molecule is COc1ccc(F)c([C@H]2NC(=O)CC[C@@H]2[N+](=O)[O-])c1. The van der Waals surface area contributed by atoms with E-state index >= 15 is 0 Å². The molecule has 2 rings (SSSR count). The largest absolute Gasteiger partial charge is 0.497 e. The summed E-state index contributed by atoms with van der Waals surface area (Å²) in [5.41, 5.74) is 0.0779. The Morgan fingerprint density at radius 2 is 2.26 bits per heavy atom. The van der Waals surface area contributed by atoms with Crippen molar-refractivity contribution in [2.24, 2.45) is 0 Å². The molecule has 6 nitrogen and oxygen atoms in total. The quantitative estimate of drug-likeness (QED) is 0.664. The average Bonchev–Trinajstić information content (AvgIpc) is 2.38. The second-order valence-electron chi connectivity index (χ2n) is 4.32. The molecule has 0 saturated carbocycles. The molecule has 19 heavy (non-hydrogen) atoms. The Hall–Kier alpha value is -2.18. The van der Waals surface area contributed by atoms with E-state index in [1.165, 1.54) is 25.3 Å². The molecule has 1 saturated heterocycles. The second kappa shape index (κ2) is 5.21. The zero-order valence-corrected chi connectivity index (χ0v) is 10.3. The molecular weight excluding hydrogens is 255 g/mol. The first-order valence-electron chi connectivity index (χ1n) is 5.79. The van der Waals surface area contributed by atoms with Gasteiger partial charge in [-0.25, -0.2) is 4.39 Å². The van der Waals surface area contributed by atoms with Crippen LogP contribution in [0.4, 0.5) is 4.39 Å². The number of hydrogen-bond donors (Lipinski definition) is 1. The lowest BCUT2D eigenvalue weighted by atomic mass is 9.92. The minimum atomic E-state index is -1.03. The maximum absolute atomic E-state index is 13.8. The smallest absolute Gasteiger partial charge is 0.237 e. The van der Waals surface area contributed by atoms with E-state index in [-0.39, 0.29) is 24.3 Å². The third-order valence-corrected chi connectivity index (χ3v) is 3.18. The Kier molecular flexibility index (Phi) is 3.64. The van der Waals surface area contributed by atoms with E-state index in [4.69, 9.17) is 4.74 Å². The topological polar surface area (TPSA) is 81.5 Å². The summed E-state index contributed by atoms with van der Waals surface area (Å²) in [6.07, 6.45) is 0.174. The molecule has 0 radical (unpaired) electrons. The van der Waals surface area contributed by atoms with Crippen LogP contribution in [0.5, 0.6) is 5.75 Å². The highest BCUT2D eigenvalue weighted by atomic mass is 19.1. The third kappa shape index (κ3) is 2.64. The number of benzene rings is 1. The van der Waals surface area contributed by atoms with Crippen molar-refractivity contribution >= 4 is 5.91 Å². The number of carbonyl (C=O) groups is 1. The van der Waals surface area contributed by atoms with Gasteiger partial charge in [0, 0.05) is 23.3 Å². The molecule has 0 bridgehead atoms. The number of ether oxygens (including phenoxy) is 1. The molecule has 0 aromatic heterocycles. The summed E-state index contributed by atoms with van der Waals surface area (Å²) >= 11 is 0. The van der Waals surface area contributed by atoms with Gasteiger partial charge in [0.15, 0.2) is 0 Å². The van der Waals surface area contributed by atoms with Gasteiger partial charge in [-0.15, -0.1) is 0 Å². The fourth-order valence-electron chi connectivity index (χ4n) is 2.19. The average molecular weight is 268 g/mol. The Balaban J connectivity index is 2.40. The monoisotopic (exact) mass is 268 g/mol. The lowest BCUT2D eigenvalue weighted by Crippen LogP contribution is -2.45. The van der Waals surface area contributed by atoms with Crippen molar-refractivity contribution in [1.29, 1.82) is 0 Å². The molecule has 1 aliphatic rings. The normalized spacial score (nSPS) is 22.7. The number of hydrogen-bond acceptors (Lipinski definition) is 4. The predicted octanol–water partition coefficient (Wildman–Crippen LogP) is 1.43. The number of piperidine rings is 1. The number of amides is 1. The van der Waals surface area contributed by atoms with Gasteiger partial charge in [0.2, 0.25) is 11.9 Å². The molecule has 7 heteroatoms. The molecule has 2 atom stereocenters. The number of halogens is 1. The molecule has 0 spiro atoms. The van der Waals surface area contributed by atoms with E-state index < -0.39 is 22.8 Å². The van der Waals surface area contributed by atoms with E-state index in [0.717, 1.165) is 0 Å². The van der Waals surface area contributed by atoms with Crippen LogP contribution in [0.2, 0.25) is 0 Å². The lowest BCUT2D eigenvalue weighted by Gasteiger charge is -2.27. The molecule has 0 aliphatic carbocycles. The van der Waals surface area contributed by atoms with Crippen molar-refractivity contribution < 1.29 is 18.8 Å². The highest BCUT2D eigenvalue weighted by Gasteiger charge is 2.39. The van der Waals surface area contributed by atoms with Crippen LogP contribution >= 0.6 is 0 Å². The van der Waals surface area contributed by atoms with E-state index in [9.17, 15) is 19.3 Å². The van der Waals surface area contributed by atoms with E-state index in [1.807, 2.05) is 0 Å². The third-order valence-electron chi connectivity index (χ3n) is 3.18. The molecule has 1 aromatic rings. The summed E-state index contributed by atoms with van der Waals surface area (Å²) in [7, 11) is 1.42. The van der Waals surface area contributed by atoms with Crippen molar-refractivity contribution in [3.8, 4) is 5.75 Å². The molecular formula is C12H13FN2O4. The van der Waals surface area contributed by atoms with Gasteiger partial charge in [-0.2, -0.15) is 0 Å². The first kappa shape index (κ1) is 13.3. The maximum Gasteiger partial charge on any atom is 0.237 e. The number of nitro groups is 1. The van der Waals surface area contributed by atoms with Crippen LogP contribution in [-0.4, -0.2) is 24.0 Å². The molecule has 1 aromatic carbocycles. The fourth-order valence-corrected chi connectivity index (χ4v) is 2.19. The lowest BCUT2D eigenvalue weighted by molar-refractivity contribution is -0.529. The number of nitrogens with one attached hydrogen (secondary N) is 1. The van der Waals surface area contributed by atoms with Gasteiger partial charge in [-0.3, -0.25) is 14.9 Å². The zero-order valence-electron chi connectivity index (χ0n) is 10.3. The summed E-state index contributed by atoms with van der Waals surface area (Å²) in [5, 5.41) is 13.5. The molecule has 1 N–H and O–H groups in total. The molecule has 0 unspecified atom stereocenters. The Morgan fingerprint density at radius 3 is 2.89 bits per heavy atom. The molecule has 1 heterocycles. The van der Waals surface area contributed by atoms with Gasteiger partial charge in [-0.1, -0.05) is 0 Å². The summed E-state index contributed by atoms with van der Waals surface area (Å²) in [6, 6.07) is 1.98. The minimum absolute atomic E-state index is 0.0771. The Bertz CT molecular complexity index is 520. The van der Waals surface area contributed by atoms with E-state index in [2.05, 4.69) is 5.32 Å². The van der Waals surface area contributed by atoms with Gasteiger partial charge in [0.1, 0.15) is 17.6 Å². The number of rotatable bonds is 3. The van der Waals surface area contributed by atoms with E-state index in [1.54, 1.807) is 0 Å². The van der Waals surface area contributed by atoms with Crippen molar-refractivity contribution in [3.63, 3.8) is 0 Å². The van der Waals surface area contributed by atoms with Crippen molar-refractivity contribution in [3.05, 3.63) is 39.7 Å². The highest BCUT2D eigenvalue weighted by molar-refractivity contribution is 5.77. The van der Waals surface area contributed by atoms with Crippen molar-refractivity contribution in [2.75, 3.05) is 7.11 Å². The number of methoxy groups -OCH3 is 1. The Morgan fingerprint density at radius 1 is 1.53 bits per heavy atom. The Labute approximate surface area is 108 Å². The number of nitrogens with zero attached hydrogens (tertiary/aromatic N) is 1. The summed E-state index contributed by atoms with van der Waals surface area (Å²) in [5.74, 6) is -0.525. The van der Waals surface area contributed by atoms with Crippen LogP contribution in [0, 0.1) is 15.9 Å². The molecule has 1 aliphatic heterocycles. The summed E-state index contributed by atoms with van der Waals surface area (Å²) in [6.45, 7) is 0. The first-order valence-corrected chi connectivity index (χ1v) is 5.79. The second-order valence-corrected chi connectivity index (χ2v) is 4.32. The van der Waals surface area contributed by atoms with Crippen molar-refractivity contribution in [2.45, 2.75) is 24.9 Å². The highest BCUT2D eigenvalue weighted by Crippen LogP contribution is 2.30. The zero-order chi connectivity index (χ0) is 14.0. The van der Waals surface area contributed by atoms with Crippen LogP contribution < -0.4 is 10.1 Å². The van der Waals surface area contributed by atoms with Crippen LogP contribution in [-0.2, 0) is 4.79 Å². The van der Waals surface area contributed by atoms with Crippen LogP contribution in [0.3, 0.4) is 0 Å². The van der Waals surface area contributed by atoms with Crippen molar-refractivity contribution in [1.82, 2.24) is 5.32 Å². The van der Waals surface area contributed by atoms with Gasteiger partial charge in [0.25, 0.3) is 0 Å². The van der Waals surface area contributed by atoms with Gasteiger partial charge < -0.3 is 10.1 Å². The van der Waals surface area contributed by atoms with Gasteiger partial charge in [-0.05, 0) is 18.2 Å². The number of carbonyl (C=O) groups excluding carboxylic acids is 1. The van der Waals surface area contributed by atoms with E-state index in [0.29, 0.717) is 5.75 Å².